The van der Waals surface area contributed by atoms with Crippen LogP contribution in [-0.2, 0) is 6.18 Å². The number of alkyl halides is 5. The Morgan fingerprint density at radius 1 is 1.25 bits per heavy atom. The highest BCUT2D eigenvalue weighted by molar-refractivity contribution is 5.21. The van der Waals surface area contributed by atoms with Crippen LogP contribution in [0.15, 0.2) is 18.3 Å². The van der Waals surface area contributed by atoms with Gasteiger partial charge in [-0.2, -0.15) is 13.2 Å². The third-order valence-corrected chi connectivity index (χ3v) is 3.84. The smallest absolute Gasteiger partial charge is 0.330 e. The molecule has 0 aromatic carbocycles. The van der Waals surface area contributed by atoms with Crippen LogP contribution in [0.1, 0.15) is 36.4 Å². The fourth-order valence-electron chi connectivity index (χ4n) is 2.31. The number of nitrogens with two attached hydrogens (primary N) is 1. The molecular weight excluding hydrogens is 279 g/mol. The third kappa shape index (κ3) is 3.08. The maximum absolute atomic E-state index is 12.9. The lowest BCUT2D eigenvalue weighted by molar-refractivity contribution is -0.141. The molecule has 1 heterocycles. The number of nitrogens with zero attached hydrogens (tertiary/aromatic N) is 1. The molecule has 0 saturated heterocycles. The summed E-state index contributed by atoms with van der Waals surface area (Å²) in [4.78, 5) is 3.35. The summed E-state index contributed by atoms with van der Waals surface area (Å²) >= 11 is 0. The second-order valence-corrected chi connectivity index (χ2v) is 5.27. The van der Waals surface area contributed by atoms with Gasteiger partial charge in [-0.05, 0) is 43.4 Å². The van der Waals surface area contributed by atoms with Crippen molar-refractivity contribution < 1.29 is 22.0 Å². The number of halogens is 5. The quantitative estimate of drug-likeness (QED) is 0.843. The predicted molar refractivity (Wildman–Crippen MR) is 63.3 cm³/mol. The molecule has 1 aliphatic rings. The van der Waals surface area contributed by atoms with Gasteiger partial charge in [0.25, 0.3) is 0 Å². The zero-order valence-electron chi connectivity index (χ0n) is 10.6. The fourth-order valence-corrected chi connectivity index (χ4v) is 2.31. The first kappa shape index (κ1) is 15.2. The van der Waals surface area contributed by atoms with Crippen molar-refractivity contribution in [3.8, 4) is 0 Å². The highest BCUT2D eigenvalue weighted by Crippen LogP contribution is 2.56. The summed E-state index contributed by atoms with van der Waals surface area (Å²) in [5.74, 6) is -0.388. The minimum absolute atomic E-state index is 0.113. The van der Waals surface area contributed by atoms with Crippen LogP contribution in [0, 0.1) is 5.41 Å². The molecule has 1 saturated carbocycles. The number of pyridine rings is 1. The molecule has 1 aliphatic carbocycles. The number of aromatic nitrogens is 1. The molecule has 1 unspecified atom stereocenters. The van der Waals surface area contributed by atoms with Gasteiger partial charge >= 0.3 is 6.18 Å². The minimum atomic E-state index is -4.50. The summed E-state index contributed by atoms with van der Waals surface area (Å²) in [7, 11) is 0. The van der Waals surface area contributed by atoms with E-state index in [-0.39, 0.29) is 18.9 Å². The summed E-state index contributed by atoms with van der Waals surface area (Å²) in [5, 5.41) is 0. The molecule has 1 aromatic rings. The first-order valence-electron chi connectivity index (χ1n) is 6.30. The van der Waals surface area contributed by atoms with Gasteiger partial charge in [0.2, 0.25) is 6.43 Å². The van der Waals surface area contributed by atoms with Crippen molar-refractivity contribution in [2.45, 2.75) is 37.8 Å². The second-order valence-electron chi connectivity index (χ2n) is 5.27. The summed E-state index contributed by atoms with van der Waals surface area (Å²) in [6.07, 6.45) is -4.77. The number of rotatable bonds is 5. The van der Waals surface area contributed by atoms with Crippen LogP contribution in [-0.4, -0.2) is 18.0 Å². The first-order chi connectivity index (χ1) is 9.28. The summed E-state index contributed by atoms with van der Waals surface area (Å²) in [6.45, 7) is 0.113. The molecule has 1 fully saturated rings. The average molecular weight is 294 g/mol. The van der Waals surface area contributed by atoms with Crippen LogP contribution in [0.25, 0.3) is 0 Å². The van der Waals surface area contributed by atoms with E-state index in [1.54, 1.807) is 0 Å². The van der Waals surface area contributed by atoms with Crippen LogP contribution in [0.2, 0.25) is 0 Å². The molecule has 112 valence electrons. The Labute approximate surface area is 113 Å². The van der Waals surface area contributed by atoms with E-state index in [2.05, 4.69) is 4.98 Å². The van der Waals surface area contributed by atoms with Crippen LogP contribution < -0.4 is 5.73 Å². The van der Waals surface area contributed by atoms with Gasteiger partial charge < -0.3 is 5.73 Å². The zero-order chi connectivity index (χ0) is 15.0. The van der Waals surface area contributed by atoms with E-state index in [0.717, 1.165) is 12.3 Å². The molecule has 0 radical (unpaired) electrons. The van der Waals surface area contributed by atoms with E-state index in [9.17, 15) is 22.0 Å². The molecule has 0 amide bonds. The SMILES string of the molecule is NCC(CC1(C(F)F)CC1)c1ccc(C(F)(F)F)nc1. The van der Waals surface area contributed by atoms with E-state index in [1.165, 1.54) is 6.07 Å². The molecule has 1 atom stereocenters. The van der Waals surface area contributed by atoms with Crippen molar-refractivity contribution in [2.24, 2.45) is 11.1 Å². The Morgan fingerprint density at radius 2 is 1.90 bits per heavy atom. The fraction of sp³-hybridized carbons (Fsp3) is 0.615. The van der Waals surface area contributed by atoms with Gasteiger partial charge in [0.05, 0.1) is 0 Å². The van der Waals surface area contributed by atoms with Crippen LogP contribution in [0.5, 0.6) is 0 Å². The standard InChI is InChI=1S/C13H15F5N2/c14-11(15)12(3-4-12)5-9(6-19)8-1-2-10(20-7-8)13(16,17)18/h1-2,7,9,11H,3-6,19H2. The zero-order valence-corrected chi connectivity index (χ0v) is 10.6. The van der Waals surface area contributed by atoms with E-state index in [0.29, 0.717) is 18.4 Å². The summed E-state index contributed by atoms with van der Waals surface area (Å²) in [5.41, 5.74) is 4.05. The number of hydrogen-bond acceptors (Lipinski definition) is 2. The maximum Gasteiger partial charge on any atom is 0.433 e. The van der Waals surface area contributed by atoms with Gasteiger partial charge in [0.1, 0.15) is 5.69 Å². The van der Waals surface area contributed by atoms with Crippen molar-refractivity contribution in [3.05, 3.63) is 29.6 Å². The van der Waals surface area contributed by atoms with Gasteiger partial charge in [-0.25, -0.2) is 8.78 Å². The Bertz CT molecular complexity index is 451. The van der Waals surface area contributed by atoms with Gasteiger partial charge in [-0.3, -0.25) is 4.98 Å². The van der Waals surface area contributed by atoms with E-state index >= 15 is 0 Å². The van der Waals surface area contributed by atoms with Crippen LogP contribution >= 0.6 is 0 Å². The van der Waals surface area contributed by atoms with E-state index < -0.39 is 23.7 Å². The lowest BCUT2D eigenvalue weighted by Crippen LogP contribution is -2.22. The monoisotopic (exact) mass is 294 g/mol. The Kier molecular flexibility index (Phi) is 4.00. The molecular formula is C13H15F5N2. The molecule has 2 rings (SSSR count). The van der Waals surface area contributed by atoms with E-state index in [1.807, 2.05) is 0 Å². The van der Waals surface area contributed by atoms with Gasteiger partial charge in [-0.1, -0.05) is 6.07 Å². The highest BCUT2D eigenvalue weighted by Gasteiger charge is 2.51. The highest BCUT2D eigenvalue weighted by atomic mass is 19.4. The van der Waals surface area contributed by atoms with Crippen molar-refractivity contribution in [2.75, 3.05) is 6.54 Å². The molecule has 2 N–H and O–H groups in total. The summed E-state index contributed by atoms with van der Waals surface area (Å²) in [6, 6.07) is 2.13. The van der Waals surface area contributed by atoms with Gasteiger partial charge in [-0.15, -0.1) is 0 Å². The molecule has 20 heavy (non-hydrogen) atoms. The molecule has 2 nitrogen and oxygen atoms in total. The summed E-state index contributed by atoms with van der Waals surface area (Å²) < 4.78 is 63.0. The third-order valence-electron chi connectivity index (χ3n) is 3.84. The minimum Gasteiger partial charge on any atom is -0.330 e. The van der Waals surface area contributed by atoms with Crippen molar-refractivity contribution in [1.29, 1.82) is 0 Å². The van der Waals surface area contributed by atoms with Crippen molar-refractivity contribution in [1.82, 2.24) is 4.98 Å². The van der Waals surface area contributed by atoms with Crippen LogP contribution in [0.4, 0.5) is 22.0 Å². The second kappa shape index (κ2) is 5.27. The molecule has 0 bridgehead atoms. The first-order valence-corrected chi connectivity index (χ1v) is 6.30. The molecule has 1 aromatic heterocycles. The molecule has 0 aliphatic heterocycles. The Morgan fingerprint density at radius 3 is 2.25 bits per heavy atom. The Balaban J connectivity index is 2.12. The lowest BCUT2D eigenvalue weighted by Gasteiger charge is -2.22. The predicted octanol–water partition coefficient (Wildman–Crippen LogP) is 3.58. The largest absolute Gasteiger partial charge is 0.433 e. The average Bonchev–Trinajstić information content (AvgIpc) is 3.16. The Hall–Kier alpha value is -1.24. The van der Waals surface area contributed by atoms with Gasteiger partial charge in [0.15, 0.2) is 0 Å². The number of hydrogen-bond donors (Lipinski definition) is 1. The van der Waals surface area contributed by atoms with Crippen molar-refractivity contribution in [3.63, 3.8) is 0 Å². The van der Waals surface area contributed by atoms with Gasteiger partial charge in [0, 0.05) is 11.6 Å². The topological polar surface area (TPSA) is 38.9 Å². The maximum atomic E-state index is 12.9. The molecule has 0 spiro atoms. The lowest BCUT2D eigenvalue weighted by atomic mass is 9.87. The van der Waals surface area contributed by atoms with Crippen molar-refractivity contribution >= 4 is 0 Å². The normalized spacial score (nSPS) is 19.1. The molecule has 7 heteroatoms. The van der Waals surface area contributed by atoms with E-state index in [4.69, 9.17) is 5.73 Å². The van der Waals surface area contributed by atoms with Crippen LogP contribution in [0.3, 0.4) is 0 Å².